The maximum Gasteiger partial charge on any atom is 0.241 e. The molecule has 0 aliphatic carbocycles. The van der Waals surface area contributed by atoms with Crippen molar-refractivity contribution in [1.29, 1.82) is 0 Å². The van der Waals surface area contributed by atoms with Crippen LogP contribution in [-0.2, 0) is 17.9 Å². The van der Waals surface area contributed by atoms with E-state index >= 15 is 0 Å². The number of hydrogen-bond acceptors (Lipinski definition) is 6. The molecule has 0 spiro atoms. The SMILES string of the molecule is CCOc1cccc(CNC(=O)C2CCCN(Cc3nc(-c4ccccc4C)no3)C2)c1. The number of carbonyl (C=O) groups excluding carboxylic acids is 1. The van der Waals surface area contributed by atoms with E-state index < -0.39 is 0 Å². The third kappa shape index (κ3) is 5.53. The lowest BCUT2D eigenvalue weighted by atomic mass is 9.97. The Bertz CT molecular complexity index is 1050. The van der Waals surface area contributed by atoms with Crippen LogP contribution in [0.2, 0.25) is 0 Å². The van der Waals surface area contributed by atoms with E-state index in [1.165, 1.54) is 0 Å². The fraction of sp³-hybridized carbons (Fsp3) is 0.400. The minimum atomic E-state index is -0.0439. The molecule has 4 rings (SSSR count). The normalized spacial score (nSPS) is 16.6. The molecule has 1 atom stereocenters. The van der Waals surface area contributed by atoms with Gasteiger partial charge in [0.2, 0.25) is 17.6 Å². The number of nitrogens with zero attached hydrogens (tertiary/aromatic N) is 3. The van der Waals surface area contributed by atoms with Gasteiger partial charge in [-0.2, -0.15) is 4.98 Å². The number of ether oxygens (including phenoxy) is 1. The number of amides is 1. The van der Waals surface area contributed by atoms with Crippen molar-refractivity contribution in [3.63, 3.8) is 0 Å². The van der Waals surface area contributed by atoms with E-state index in [-0.39, 0.29) is 11.8 Å². The summed E-state index contributed by atoms with van der Waals surface area (Å²) < 4.78 is 11.0. The minimum absolute atomic E-state index is 0.0439. The Morgan fingerprint density at radius 3 is 2.97 bits per heavy atom. The van der Waals surface area contributed by atoms with Crippen LogP contribution in [0, 0.1) is 12.8 Å². The van der Waals surface area contributed by atoms with Crippen LogP contribution >= 0.6 is 0 Å². The highest BCUT2D eigenvalue weighted by molar-refractivity contribution is 5.79. The maximum atomic E-state index is 12.8. The molecule has 1 saturated heterocycles. The quantitative estimate of drug-likeness (QED) is 0.578. The van der Waals surface area contributed by atoms with Crippen molar-refractivity contribution in [1.82, 2.24) is 20.4 Å². The van der Waals surface area contributed by atoms with Gasteiger partial charge in [-0.05, 0) is 56.5 Å². The molecule has 2 heterocycles. The van der Waals surface area contributed by atoms with Gasteiger partial charge in [-0.1, -0.05) is 41.6 Å². The highest BCUT2D eigenvalue weighted by Gasteiger charge is 2.27. The molecule has 2 aromatic carbocycles. The number of benzene rings is 2. The number of carbonyl (C=O) groups is 1. The number of rotatable bonds is 8. The molecule has 7 nitrogen and oxygen atoms in total. The number of piperidine rings is 1. The molecule has 7 heteroatoms. The summed E-state index contributed by atoms with van der Waals surface area (Å²) >= 11 is 0. The Morgan fingerprint density at radius 1 is 1.25 bits per heavy atom. The zero-order valence-electron chi connectivity index (χ0n) is 18.7. The van der Waals surface area contributed by atoms with Gasteiger partial charge in [-0.25, -0.2) is 0 Å². The standard InChI is InChI=1S/C25H30N4O3/c1-3-31-21-11-6-9-19(14-21)15-26-25(30)20-10-7-13-29(16-20)17-23-27-24(28-32-23)22-12-5-4-8-18(22)2/h4-6,8-9,11-12,14,20H,3,7,10,13,15-17H2,1-2H3,(H,26,30). The van der Waals surface area contributed by atoms with Crippen LogP contribution in [0.15, 0.2) is 53.1 Å². The Kier molecular flexibility index (Phi) is 7.17. The molecule has 1 amide bonds. The molecule has 1 aliphatic rings. The number of aryl methyl sites for hydroxylation is 1. The van der Waals surface area contributed by atoms with Crippen LogP contribution in [0.25, 0.3) is 11.4 Å². The monoisotopic (exact) mass is 434 g/mol. The predicted octanol–water partition coefficient (Wildman–Crippen LogP) is 3.97. The Hall–Kier alpha value is -3.19. The number of nitrogens with one attached hydrogen (secondary N) is 1. The van der Waals surface area contributed by atoms with Crippen LogP contribution in [-0.4, -0.2) is 40.6 Å². The first-order valence-corrected chi connectivity index (χ1v) is 11.2. The molecule has 1 unspecified atom stereocenters. The predicted molar refractivity (Wildman–Crippen MR) is 122 cm³/mol. The molecule has 1 fully saturated rings. The van der Waals surface area contributed by atoms with Gasteiger partial charge in [0, 0.05) is 18.7 Å². The first kappa shape index (κ1) is 22.0. The summed E-state index contributed by atoms with van der Waals surface area (Å²) in [6, 6.07) is 15.8. The van der Waals surface area contributed by atoms with Crippen LogP contribution in [0.5, 0.6) is 5.75 Å². The number of likely N-dealkylation sites (tertiary alicyclic amines) is 1. The van der Waals surface area contributed by atoms with Crippen molar-refractivity contribution < 1.29 is 14.1 Å². The van der Waals surface area contributed by atoms with E-state index in [4.69, 9.17) is 9.26 Å². The van der Waals surface area contributed by atoms with Crippen molar-refractivity contribution in [2.24, 2.45) is 5.92 Å². The third-order valence-electron chi connectivity index (χ3n) is 5.77. The molecular weight excluding hydrogens is 404 g/mol. The van der Waals surface area contributed by atoms with E-state index in [0.29, 0.717) is 38.0 Å². The first-order valence-electron chi connectivity index (χ1n) is 11.2. The van der Waals surface area contributed by atoms with Crippen molar-refractivity contribution in [3.8, 4) is 17.1 Å². The molecule has 0 radical (unpaired) electrons. The van der Waals surface area contributed by atoms with Crippen molar-refractivity contribution in [2.45, 2.75) is 39.8 Å². The van der Waals surface area contributed by atoms with Gasteiger partial charge in [-0.15, -0.1) is 0 Å². The van der Waals surface area contributed by atoms with E-state index in [1.807, 2.05) is 62.4 Å². The number of aromatic nitrogens is 2. The molecular formula is C25H30N4O3. The summed E-state index contributed by atoms with van der Waals surface area (Å²) in [5, 5.41) is 7.23. The van der Waals surface area contributed by atoms with Gasteiger partial charge in [0.15, 0.2) is 0 Å². The highest BCUT2D eigenvalue weighted by Crippen LogP contribution is 2.22. The number of hydrogen-bond donors (Lipinski definition) is 1. The van der Waals surface area contributed by atoms with Gasteiger partial charge in [-0.3, -0.25) is 9.69 Å². The summed E-state index contributed by atoms with van der Waals surface area (Å²) in [4.78, 5) is 19.6. The smallest absolute Gasteiger partial charge is 0.241 e. The summed E-state index contributed by atoms with van der Waals surface area (Å²) in [5.41, 5.74) is 3.12. The molecule has 0 saturated carbocycles. The van der Waals surface area contributed by atoms with Crippen LogP contribution in [0.3, 0.4) is 0 Å². The molecule has 168 valence electrons. The molecule has 1 aliphatic heterocycles. The van der Waals surface area contributed by atoms with E-state index in [9.17, 15) is 4.79 Å². The van der Waals surface area contributed by atoms with Crippen molar-refractivity contribution in [3.05, 3.63) is 65.5 Å². The average Bonchev–Trinajstić information content (AvgIpc) is 3.26. The van der Waals surface area contributed by atoms with Gasteiger partial charge < -0.3 is 14.6 Å². The molecule has 0 bridgehead atoms. The molecule has 1 N–H and O–H groups in total. The summed E-state index contributed by atoms with van der Waals surface area (Å²) in [5.74, 6) is 2.06. The average molecular weight is 435 g/mol. The van der Waals surface area contributed by atoms with E-state index in [1.54, 1.807) is 0 Å². The van der Waals surface area contributed by atoms with Crippen LogP contribution in [0.1, 0.15) is 36.8 Å². The van der Waals surface area contributed by atoms with Gasteiger partial charge in [0.25, 0.3) is 0 Å². The van der Waals surface area contributed by atoms with Crippen LogP contribution in [0.4, 0.5) is 0 Å². The lowest BCUT2D eigenvalue weighted by molar-refractivity contribution is -0.127. The molecule has 1 aromatic heterocycles. The second-order valence-corrected chi connectivity index (χ2v) is 8.20. The maximum absolute atomic E-state index is 12.8. The van der Waals surface area contributed by atoms with Gasteiger partial charge in [0.05, 0.1) is 19.1 Å². The van der Waals surface area contributed by atoms with E-state index in [2.05, 4.69) is 20.4 Å². The fourth-order valence-corrected chi connectivity index (χ4v) is 4.10. The lowest BCUT2D eigenvalue weighted by Crippen LogP contribution is -2.42. The highest BCUT2D eigenvalue weighted by atomic mass is 16.5. The lowest BCUT2D eigenvalue weighted by Gasteiger charge is -2.30. The topological polar surface area (TPSA) is 80.5 Å². The second kappa shape index (κ2) is 10.4. The largest absolute Gasteiger partial charge is 0.494 e. The summed E-state index contributed by atoms with van der Waals surface area (Å²) in [6.07, 6.45) is 1.86. The second-order valence-electron chi connectivity index (χ2n) is 8.20. The van der Waals surface area contributed by atoms with Gasteiger partial charge >= 0.3 is 0 Å². The van der Waals surface area contributed by atoms with Crippen molar-refractivity contribution in [2.75, 3.05) is 19.7 Å². The Labute approximate surface area is 188 Å². The molecule has 32 heavy (non-hydrogen) atoms. The van der Waals surface area contributed by atoms with Crippen molar-refractivity contribution >= 4 is 5.91 Å². The Morgan fingerprint density at radius 2 is 2.12 bits per heavy atom. The molecule has 3 aromatic rings. The first-order chi connectivity index (χ1) is 15.6. The minimum Gasteiger partial charge on any atom is -0.494 e. The van der Waals surface area contributed by atoms with E-state index in [0.717, 1.165) is 41.8 Å². The van der Waals surface area contributed by atoms with Gasteiger partial charge in [0.1, 0.15) is 5.75 Å². The zero-order valence-corrected chi connectivity index (χ0v) is 18.7. The fourth-order valence-electron chi connectivity index (χ4n) is 4.10. The third-order valence-corrected chi connectivity index (χ3v) is 5.77. The zero-order chi connectivity index (χ0) is 22.3. The van der Waals surface area contributed by atoms with Crippen LogP contribution < -0.4 is 10.1 Å². The summed E-state index contributed by atoms with van der Waals surface area (Å²) in [7, 11) is 0. The summed E-state index contributed by atoms with van der Waals surface area (Å²) in [6.45, 7) is 7.28. The Balaban J connectivity index is 1.31.